The van der Waals surface area contributed by atoms with Crippen molar-refractivity contribution in [1.29, 1.82) is 0 Å². The van der Waals surface area contributed by atoms with E-state index in [2.05, 4.69) is 25.4 Å². The van der Waals surface area contributed by atoms with Crippen LogP contribution in [0.1, 0.15) is 64.3 Å². The minimum absolute atomic E-state index is 0.0689. The highest BCUT2D eigenvalue weighted by Crippen LogP contribution is 2.33. The van der Waals surface area contributed by atoms with E-state index in [0.717, 1.165) is 12.5 Å². The maximum atomic E-state index is 14.8. The van der Waals surface area contributed by atoms with Crippen molar-refractivity contribution < 1.29 is 36.7 Å². The lowest BCUT2D eigenvalue weighted by Gasteiger charge is -2.36. The lowest BCUT2D eigenvalue weighted by Crippen LogP contribution is -2.47. The number of halogens is 3. The monoisotopic (exact) mass is 647 g/mol. The van der Waals surface area contributed by atoms with Crippen LogP contribution in [0.3, 0.4) is 0 Å². The number of amides is 1. The first-order valence-corrected chi connectivity index (χ1v) is 15.3. The van der Waals surface area contributed by atoms with E-state index in [4.69, 9.17) is 18.7 Å². The quantitative estimate of drug-likeness (QED) is 0.321. The smallest absolute Gasteiger partial charge is 0.407 e. The van der Waals surface area contributed by atoms with Crippen LogP contribution in [0.4, 0.5) is 29.9 Å². The molecule has 1 aromatic carbocycles. The summed E-state index contributed by atoms with van der Waals surface area (Å²) in [5.74, 6) is -2.44. The van der Waals surface area contributed by atoms with E-state index in [-0.39, 0.29) is 36.6 Å². The van der Waals surface area contributed by atoms with Crippen LogP contribution < -0.4 is 19.9 Å². The zero-order valence-electron chi connectivity index (χ0n) is 26.8. The summed E-state index contributed by atoms with van der Waals surface area (Å²) in [6.07, 6.45) is 3.00. The third kappa shape index (κ3) is 7.80. The predicted molar refractivity (Wildman–Crippen MR) is 161 cm³/mol. The molecule has 46 heavy (non-hydrogen) atoms. The largest absolute Gasteiger partial charge is 0.490 e. The van der Waals surface area contributed by atoms with Gasteiger partial charge in [0.15, 0.2) is 23.2 Å². The predicted octanol–water partition coefficient (Wildman–Crippen LogP) is 4.82. The lowest BCUT2D eigenvalue weighted by molar-refractivity contribution is 0.0206. The molecule has 2 saturated heterocycles. The number of methoxy groups -OCH3 is 1. The fourth-order valence-electron chi connectivity index (χ4n) is 5.65. The fraction of sp³-hybridized carbons (Fsp3) is 0.581. The van der Waals surface area contributed by atoms with E-state index >= 15 is 0 Å². The molecule has 0 saturated carbocycles. The molecule has 0 spiro atoms. The van der Waals surface area contributed by atoms with Crippen molar-refractivity contribution >= 4 is 18.1 Å². The molecule has 250 valence electrons. The number of hydrogen-bond donors (Lipinski definition) is 1. The summed E-state index contributed by atoms with van der Waals surface area (Å²) in [4.78, 5) is 29.7. The Kier molecular flexibility index (Phi) is 9.89. The van der Waals surface area contributed by atoms with Gasteiger partial charge in [-0.1, -0.05) is 19.0 Å². The Hall–Kier alpha value is -4.14. The summed E-state index contributed by atoms with van der Waals surface area (Å²) in [6, 6.07) is 1.11. The van der Waals surface area contributed by atoms with Crippen LogP contribution in [0.5, 0.6) is 5.75 Å². The molecule has 15 heteroatoms. The highest BCUT2D eigenvalue weighted by molar-refractivity contribution is 5.68. The number of benzene rings is 1. The van der Waals surface area contributed by atoms with Gasteiger partial charge in [-0.25, -0.2) is 27.9 Å². The van der Waals surface area contributed by atoms with Crippen molar-refractivity contribution in [2.75, 3.05) is 49.7 Å². The second-order valence-electron chi connectivity index (χ2n) is 12.9. The first-order chi connectivity index (χ1) is 21.8. The van der Waals surface area contributed by atoms with Gasteiger partial charge in [0.05, 0.1) is 31.1 Å². The SMILES string of the molecule is CO[C@H]1CN(c2nc(C(C)C)no2)CC[C@H]1COc1cnc(N2C[C@H](NC(=O)OC(C)(C)C)[C@@H](c3cc(F)c(F)cc3F)C2)nc1. The van der Waals surface area contributed by atoms with Gasteiger partial charge >= 0.3 is 12.1 Å². The van der Waals surface area contributed by atoms with Crippen molar-refractivity contribution in [3.05, 3.63) is 53.4 Å². The maximum absolute atomic E-state index is 14.8. The molecule has 0 radical (unpaired) electrons. The van der Waals surface area contributed by atoms with Crippen LogP contribution in [0, 0.1) is 23.4 Å². The van der Waals surface area contributed by atoms with Crippen molar-refractivity contribution in [2.45, 2.75) is 70.6 Å². The van der Waals surface area contributed by atoms with E-state index in [9.17, 15) is 18.0 Å². The van der Waals surface area contributed by atoms with Crippen LogP contribution in [-0.2, 0) is 9.47 Å². The van der Waals surface area contributed by atoms with E-state index in [1.807, 2.05) is 18.7 Å². The van der Waals surface area contributed by atoms with Gasteiger partial charge in [-0.2, -0.15) is 4.98 Å². The maximum Gasteiger partial charge on any atom is 0.407 e. The molecule has 4 atom stereocenters. The molecule has 5 rings (SSSR count). The molecule has 2 aromatic heterocycles. The Morgan fingerprint density at radius 2 is 1.78 bits per heavy atom. The van der Waals surface area contributed by atoms with Gasteiger partial charge in [-0.15, -0.1) is 0 Å². The van der Waals surface area contributed by atoms with E-state index in [0.29, 0.717) is 49.3 Å². The standard InChI is InChI=1S/C31H40F3N7O5/c1-17(2)27-38-29(46-39-27)40-8-7-18(26(15-40)43-6)16-44-19-11-35-28(36-12-19)41-13-21(20-9-23(33)24(34)10-22(20)32)25(14-41)37-30(42)45-31(3,4)5/h9-12,17-18,21,25-26H,7-8,13-16H2,1-6H3,(H,37,42)/t18-,21+,25-,26-/m0/s1. The third-order valence-corrected chi connectivity index (χ3v) is 8.04. The lowest BCUT2D eigenvalue weighted by atomic mass is 9.93. The van der Waals surface area contributed by atoms with E-state index in [1.54, 1.807) is 32.8 Å². The molecule has 0 bridgehead atoms. The normalized spacial score (nSPS) is 22.0. The summed E-state index contributed by atoms with van der Waals surface area (Å²) in [7, 11) is 1.66. The molecule has 2 fully saturated rings. The molecule has 0 aliphatic carbocycles. The Labute approximate surface area is 265 Å². The van der Waals surface area contributed by atoms with Gasteiger partial charge < -0.3 is 33.9 Å². The molecular formula is C31H40F3N7O5. The summed E-state index contributed by atoms with van der Waals surface area (Å²) in [5, 5.41) is 6.80. The van der Waals surface area contributed by atoms with Crippen LogP contribution in [0.15, 0.2) is 29.0 Å². The summed E-state index contributed by atoms with van der Waals surface area (Å²) in [5.41, 5.74) is -0.837. The number of piperidine rings is 1. The Morgan fingerprint density at radius 1 is 1.07 bits per heavy atom. The van der Waals surface area contributed by atoms with Crippen LogP contribution in [0.25, 0.3) is 0 Å². The van der Waals surface area contributed by atoms with Crippen LogP contribution >= 0.6 is 0 Å². The van der Waals surface area contributed by atoms with Gasteiger partial charge in [0.25, 0.3) is 0 Å². The number of hydrogen-bond acceptors (Lipinski definition) is 11. The number of rotatable bonds is 9. The number of carbonyl (C=O) groups excluding carboxylic acids is 1. The van der Waals surface area contributed by atoms with Crippen molar-refractivity contribution in [3.63, 3.8) is 0 Å². The average molecular weight is 648 g/mol. The zero-order valence-corrected chi connectivity index (χ0v) is 26.8. The Morgan fingerprint density at radius 3 is 2.43 bits per heavy atom. The van der Waals surface area contributed by atoms with Gasteiger partial charge in [-0.3, -0.25) is 0 Å². The number of anilines is 2. The topological polar surface area (TPSA) is 128 Å². The fourth-order valence-corrected chi connectivity index (χ4v) is 5.65. The number of nitrogens with zero attached hydrogens (tertiary/aromatic N) is 6. The molecule has 12 nitrogen and oxygen atoms in total. The molecule has 1 N–H and O–H groups in total. The number of nitrogens with one attached hydrogen (secondary N) is 1. The molecule has 4 heterocycles. The number of ether oxygens (including phenoxy) is 3. The molecule has 2 aliphatic heterocycles. The number of alkyl carbamates (subject to hydrolysis) is 1. The average Bonchev–Trinajstić information content (AvgIpc) is 3.65. The second-order valence-corrected chi connectivity index (χ2v) is 12.9. The highest BCUT2D eigenvalue weighted by atomic mass is 19.2. The first kappa shape index (κ1) is 33.2. The number of carbonyl (C=O) groups is 1. The van der Waals surface area contributed by atoms with Crippen LogP contribution in [0.2, 0.25) is 0 Å². The Balaban J connectivity index is 1.22. The van der Waals surface area contributed by atoms with Crippen molar-refractivity contribution in [2.24, 2.45) is 5.92 Å². The summed E-state index contributed by atoms with van der Waals surface area (Å²) >= 11 is 0. The third-order valence-electron chi connectivity index (χ3n) is 8.04. The summed E-state index contributed by atoms with van der Waals surface area (Å²) < 4.78 is 65.3. The minimum Gasteiger partial charge on any atom is -0.490 e. The van der Waals surface area contributed by atoms with E-state index in [1.165, 1.54) is 12.4 Å². The van der Waals surface area contributed by atoms with Gasteiger partial charge in [-0.05, 0) is 38.8 Å². The number of aromatic nitrogens is 4. The molecule has 3 aromatic rings. The summed E-state index contributed by atoms with van der Waals surface area (Å²) in [6.45, 7) is 11.1. The van der Waals surface area contributed by atoms with Gasteiger partial charge in [0.2, 0.25) is 5.95 Å². The van der Waals surface area contributed by atoms with E-state index < -0.39 is 41.1 Å². The molecule has 0 unspecified atom stereocenters. The van der Waals surface area contributed by atoms with Gasteiger partial charge in [0, 0.05) is 57.1 Å². The minimum atomic E-state index is -1.29. The first-order valence-electron chi connectivity index (χ1n) is 15.3. The highest BCUT2D eigenvalue weighted by Gasteiger charge is 2.39. The molecular weight excluding hydrogens is 607 g/mol. The second kappa shape index (κ2) is 13.7. The van der Waals surface area contributed by atoms with Crippen molar-refractivity contribution in [1.82, 2.24) is 25.4 Å². The Bertz CT molecular complexity index is 1500. The zero-order chi connectivity index (χ0) is 33.2. The van der Waals surface area contributed by atoms with Crippen molar-refractivity contribution in [3.8, 4) is 5.75 Å². The van der Waals surface area contributed by atoms with Crippen LogP contribution in [-0.4, -0.2) is 83.8 Å². The molecule has 1 amide bonds. The van der Waals surface area contributed by atoms with Gasteiger partial charge in [0.1, 0.15) is 11.4 Å². The molecule has 2 aliphatic rings.